The number of benzene rings is 3. The van der Waals surface area contributed by atoms with Gasteiger partial charge in [-0.2, -0.15) is 4.68 Å². The Labute approximate surface area is 258 Å². The van der Waals surface area contributed by atoms with Crippen molar-refractivity contribution in [3.05, 3.63) is 101 Å². The van der Waals surface area contributed by atoms with E-state index in [1.165, 1.54) is 17.1 Å². The zero-order valence-electron chi connectivity index (χ0n) is 23.6. The Morgan fingerprint density at radius 2 is 1.89 bits per heavy atom. The topological polar surface area (TPSA) is 149 Å². The van der Waals surface area contributed by atoms with Gasteiger partial charge in [-0.05, 0) is 77.4 Å². The van der Waals surface area contributed by atoms with E-state index >= 15 is 0 Å². The van der Waals surface area contributed by atoms with E-state index in [0.717, 1.165) is 11.3 Å². The minimum atomic E-state index is -0.629. The molecular weight excluding hydrogens is 586 g/mol. The molecule has 1 fully saturated rings. The van der Waals surface area contributed by atoms with Crippen molar-refractivity contribution in [3.8, 4) is 5.69 Å². The van der Waals surface area contributed by atoms with Crippen LogP contribution in [0.2, 0.25) is 5.02 Å². The highest BCUT2D eigenvalue weighted by Crippen LogP contribution is 2.21. The molecule has 0 radical (unpaired) electrons. The molecule has 1 saturated heterocycles. The molecular formula is C31H30ClN7O5. The minimum absolute atomic E-state index is 0.0144. The maximum Gasteiger partial charge on any atom is 0.411 e. The van der Waals surface area contributed by atoms with E-state index in [4.69, 9.17) is 21.1 Å². The summed E-state index contributed by atoms with van der Waals surface area (Å²) in [5, 5.41) is 20.9. The molecule has 226 valence electrons. The predicted molar refractivity (Wildman–Crippen MR) is 164 cm³/mol. The predicted octanol–water partition coefficient (Wildman–Crippen LogP) is 4.42. The van der Waals surface area contributed by atoms with Crippen molar-refractivity contribution >= 4 is 47.0 Å². The first-order valence-electron chi connectivity index (χ1n) is 13.9. The first-order chi connectivity index (χ1) is 21.4. The van der Waals surface area contributed by atoms with Crippen molar-refractivity contribution in [2.45, 2.75) is 31.4 Å². The number of carbonyl (C=O) groups excluding carboxylic acids is 3. The van der Waals surface area contributed by atoms with E-state index in [0.29, 0.717) is 47.8 Å². The summed E-state index contributed by atoms with van der Waals surface area (Å²) in [6.45, 7) is 0.455. The van der Waals surface area contributed by atoms with Crippen LogP contribution in [0.1, 0.15) is 24.0 Å². The molecule has 4 aromatic rings. The number of esters is 1. The summed E-state index contributed by atoms with van der Waals surface area (Å²) in [6, 6.07) is 22.0. The molecule has 12 nitrogen and oxygen atoms in total. The maximum absolute atomic E-state index is 13.0. The molecule has 5 rings (SSSR count). The van der Waals surface area contributed by atoms with Crippen molar-refractivity contribution in [1.29, 1.82) is 0 Å². The van der Waals surface area contributed by atoms with Crippen molar-refractivity contribution in [1.82, 2.24) is 25.5 Å². The van der Waals surface area contributed by atoms with Gasteiger partial charge in [0.2, 0.25) is 5.91 Å². The van der Waals surface area contributed by atoms with E-state index in [-0.39, 0.29) is 24.5 Å². The molecule has 3 N–H and O–H groups in total. The fourth-order valence-electron chi connectivity index (χ4n) is 4.56. The summed E-state index contributed by atoms with van der Waals surface area (Å²) < 4.78 is 11.7. The quantitative estimate of drug-likeness (QED) is 0.155. The van der Waals surface area contributed by atoms with Gasteiger partial charge < -0.3 is 20.1 Å². The van der Waals surface area contributed by atoms with Gasteiger partial charge in [-0.3, -0.25) is 14.9 Å². The van der Waals surface area contributed by atoms with E-state index in [1.54, 1.807) is 36.4 Å². The van der Waals surface area contributed by atoms with E-state index < -0.39 is 12.2 Å². The molecule has 3 aromatic carbocycles. The number of ether oxygens (including phenoxy) is 2. The van der Waals surface area contributed by atoms with Crippen LogP contribution in [0, 0.1) is 0 Å². The van der Waals surface area contributed by atoms with Gasteiger partial charge in [0.25, 0.3) is 0 Å². The fraction of sp³-hybridized carbons (Fsp3) is 0.226. The zero-order valence-corrected chi connectivity index (χ0v) is 24.3. The van der Waals surface area contributed by atoms with Crippen LogP contribution in [0.15, 0.2) is 85.2 Å². The number of halogens is 1. The lowest BCUT2D eigenvalue weighted by atomic mass is 10.1. The van der Waals surface area contributed by atoms with Gasteiger partial charge in [0.1, 0.15) is 19.0 Å². The van der Waals surface area contributed by atoms with Gasteiger partial charge in [-0.25, -0.2) is 4.79 Å². The minimum Gasteiger partial charge on any atom is -0.459 e. The average Bonchev–Trinajstić information content (AvgIpc) is 3.71. The Hall–Kier alpha value is -5.23. The maximum atomic E-state index is 13.0. The normalized spacial score (nSPS) is 15.0. The summed E-state index contributed by atoms with van der Waals surface area (Å²) >= 11 is 6.20. The number of amides is 2. The Balaban J connectivity index is 1.18. The second-order valence-electron chi connectivity index (χ2n) is 10.0. The van der Waals surface area contributed by atoms with Crippen LogP contribution in [0.4, 0.5) is 16.2 Å². The molecule has 2 heterocycles. The summed E-state index contributed by atoms with van der Waals surface area (Å²) in [7, 11) is 0. The SMILES string of the molecule is O=C(/C=C/c1cc(Cl)ccc1-n1cnnn1)N[C@@H](CNc1ccc(NC(=O)OC[C@@H]2CCC(=O)O2)cc1)Cc1ccccc1. The van der Waals surface area contributed by atoms with E-state index in [2.05, 4.69) is 31.5 Å². The molecule has 0 spiro atoms. The van der Waals surface area contributed by atoms with Crippen LogP contribution < -0.4 is 16.0 Å². The second kappa shape index (κ2) is 14.8. The number of nitrogens with zero attached hydrogens (tertiary/aromatic N) is 4. The zero-order chi connectivity index (χ0) is 30.7. The number of carbonyl (C=O) groups is 3. The monoisotopic (exact) mass is 615 g/mol. The third-order valence-electron chi connectivity index (χ3n) is 6.72. The van der Waals surface area contributed by atoms with Gasteiger partial charge >= 0.3 is 12.1 Å². The standard InChI is InChI=1S/C31H30ClN7O5/c32-23-7-13-28(39-20-34-37-38-39)22(17-23)6-14-29(40)35-26(16-21-4-2-1-3-5-21)18-33-24-8-10-25(11-9-24)36-31(42)43-19-27-12-15-30(41)44-27/h1-11,13-14,17,20,26-27,33H,12,15-16,18-19H2,(H,35,40)(H,36,42)/b14-6+/t26-,27+/m1/s1. The van der Waals surface area contributed by atoms with Crippen molar-refractivity contribution in [3.63, 3.8) is 0 Å². The molecule has 0 aliphatic carbocycles. The number of nitrogens with one attached hydrogen (secondary N) is 3. The van der Waals surface area contributed by atoms with Gasteiger partial charge in [0.15, 0.2) is 0 Å². The van der Waals surface area contributed by atoms with E-state index in [1.807, 2.05) is 42.5 Å². The highest BCUT2D eigenvalue weighted by molar-refractivity contribution is 6.30. The third-order valence-corrected chi connectivity index (χ3v) is 6.96. The van der Waals surface area contributed by atoms with Crippen LogP contribution >= 0.6 is 11.6 Å². The number of aromatic nitrogens is 4. The average molecular weight is 616 g/mol. The van der Waals surface area contributed by atoms with Crippen LogP contribution in [-0.4, -0.2) is 63.5 Å². The second-order valence-corrected chi connectivity index (χ2v) is 10.5. The smallest absolute Gasteiger partial charge is 0.411 e. The lowest BCUT2D eigenvalue weighted by Crippen LogP contribution is -2.40. The van der Waals surface area contributed by atoms with Gasteiger partial charge in [0, 0.05) is 41.0 Å². The van der Waals surface area contributed by atoms with Crippen LogP contribution in [0.3, 0.4) is 0 Å². The number of cyclic esters (lactones) is 1. The summed E-state index contributed by atoms with van der Waals surface area (Å²) in [6.07, 6.45) is 5.04. The fourth-order valence-corrected chi connectivity index (χ4v) is 4.74. The molecule has 1 aliphatic heterocycles. The summed E-state index contributed by atoms with van der Waals surface area (Å²) in [5.74, 6) is -0.557. The van der Waals surface area contributed by atoms with E-state index in [9.17, 15) is 14.4 Å². The first-order valence-corrected chi connectivity index (χ1v) is 14.3. The molecule has 1 aliphatic rings. The van der Waals surface area contributed by atoms with Gasteiger partial charge in [-0.15, -0.1) is 5.10 Å². The number of tetrazole rings is 1. The molecule has 1 aromatic heterocycles. The van der Waals surface area contributed by atoms with Gasteiger partial charge in [-0.1, -0.05) is 41.9 Å². The number of anilines is 2. The number of hydrogen-bond acceptors (Lipinski definition) is 9. The summed E-state index contributed by atoms with van der Waals surface area (Å²) in [4.78, 5) is 36.3. The highest BCUT2D eigenvalue weighted by atomic mass is 35.5. The molecule has 2 amide bonds. The first kappa shape index (κ1) is 30.2. The highest BCUT2D eigenvalue weighted by Gasteiger charge is 2.24. The molecule has 0 unspecified atom stereocenters. The van der Waals surface area contributed by atoms with Gasteiger partial charge in [0.05, 0.1) is 11.7 Å². The molecule has 2 atom stereocenters. The van der Waals surface area contributed by atoms with Crippen molar-refractivity contribution in [2.24, 2.45) is 0 Å². The molecule has 44 heavy (non-hydrogen) atoms. The molecule has 0 saturated carbocycles. The lowest BCUT2D eigenvalue weighted by molar-refractivity contribution is -0.142. The van der Waals surface area contributed by atoms with Crippen molar-refractivity contribution < 1.29 is 23.9 Å². The molecule has 0 bridgehead atoms. The summed E-state index contributed by atoms with van der Waals surface area (Å²) in [5.41, 5.74) is 3.78. The lowest BCUT2D eigenvalue weighted by Gasteiger charge is -2.20. The Morgan fingerprint density at radius 1 is 1.09 bits per heavy atom. The van der Waals surface area contributed by atoms with Crippen LogP contribution in [-0.2, 0) is 25.5 Å². The Kier molecular flexibility index (Phi) is 10.2. The number of hydrogen-bond donors (Lipinski definition) is 3. The Bertz CT molecular complexity index is 1600. The number of rotatable bonds is 12. The van der Waals surface area contributed by atoms with Crippen molar-refractivity contribution in [2.75, 3.05) is 23.8 Å². The largest absolute Gasteiger partial charge is 0.459 e. The Morgan fingerprint density at radius 3 is 2.61 bits per heavy atom. The van der Waals surface area contributed by atoms with Crippen LogP contribution in [0.25, 0.3) is 11.8 Å². The molecule has 13 heteroatoms. The third kappa shape index (κ3) is 8.88. The van der Waals surface area contributed by atoms with Crippen LogP contribution in [0.5, 0.6) is 0 Å².